The molecule has 1 heterocycles. The molecule has 1 aromatic rings. The zero-order valence-electron chi connectivity index (χ0n) is 10.3. The number of rotatable bonds is 2. The second-order valence-electron chi connectivity index (χ2n) is 4.32. The first-order valence-electron chi connectivity index (χ1n) is 6.09. The molecular formula is C13H16ClFN2O. The molecule has 0 aliphatic carbocycles. The molecule has 0 unspecified atom stereocenters. The van der Waals surface area contributed by atoms with E-state index in [9.17, 15) is 9.18 Å². The van der Waals surface area contributed by atoms with Gasteiger partial charge < -0.3 is 9.80 Å². The predicted molar refractivity (Wildman–Crippen MR) is 70.5 cm³/mol. The van der Waals surface area contributed by atoms with Crippen LogP contribution >= 0.6 is 11.6 Å². The zero-order valence-corrected chi connectivity index (χ0v) is 11.1. The Morgan fingerprint density at radius 1 is 1.33 bits per heavy atom. The van der Waals surface area contributed by atoms with Gasteiger partial charge in [-0.1, -0.05) is 18.5 Å². The summed E-state index contributed by atoms with van der Waals surface area (Å²) in [5, 5.41) is 0.422. The molecule has 0 aromatic heterocycles. The average molecular weight is 271 g/mol. The molecule has 0 atom stereocenters. The van der Waals surface area contributed by atoms with Crippen LogP contribution in [0.2, 0.25) is 5.02 Å². The molecule has 1 fully saturated rings. The molecule has 1 saturated heterocycles. The van der Waals surface area contributed by atoms with Crippen molar-refractivity contribution in [3.05, 3.63) is 29.0 Å². The van der Waals surface area contributed by atoms with Crippen LogP contribution in [-0.4, -0.2) is 37.0 Å². The second kappa shape index (κ2) is 5.57. The van der Waals surface area contributed by atoms with Gasteiger partial charge in [-0.3, -0.25) is 4.79 Å². The Morgan fingerprint density at radius 3 is 2.56 bits per heavy atom. The zero-order chi connectivity index (χ0) is 13.1. The summed E-state index contributed by atoms with van der Waals surface area (Å²) in [6.45, 7) is 4.72. The minimum absolute atomic E-state index is 0.180. The van der Waals surface area contributed by atoms with Gasteiger partial charge in [-0.05, 0) is 18.2 Å². The molecule has 1 aliphatic heterocycles. The van der Waals surface area contributed by atoms with E-state index < -0.39 is 0 Å². The van der Waals surface area contributed by atoms with Crippen LogP contribution in [0.15, 0.2) is 18.2 Å². The molecule has 0 N–H and O–H groups in total. The molecule has 5 heteroatoms. The molecule has 1 amide bonds. The van der Waals surface area contributed by atoms with Crippen LogP contribution in [0.3, 0.4) is 0 Å². The van der Waals surface area contributed by atoms with Gasteiger partial charge >= 0.3 is 0 Å². The molecule has 0 radical (unpaired) electrons. The number of carbonyl (C=O) groups is 1. The molecule has 98 valence electrons. The molecule has 3 nitrogen and oxygen atoms in total. The van der Waals surface area contributed by atoms with Gasteiger partial charge in [-0.2, -0.15) is 0 Å². The van der Waals surface area contributed by atoms with Crippen LogP contribution in [0, 0.1) is 5.82 Å². The van der Waals surface area contributed by atoms with Gasteiger partial charge in [-0.25, -0.2) is 4.39 Å². The molecule has 0 saturated carbocycles. The van der Waals surface area contributed by atoms with Gasteiger partial charge in [-0.15, -0.1) is 0 Å². The Balaban J connectivity index is 2.03. The highest BCUT2D eigenvalue weighted by Crippen LogP contribution is 2.27. The summed E-state index contributed by atoms with van der Waals surface area (Å²) in [4.78, 5) is 15.5. The van der Waals surface area contributed by atoms with Crippen molar-refractivity contribution in [3.8, 4) is 0 Å². The smallest absolute Gasteiger partial charge is 0.222 e. The van der Waals surface area contributed by atoms with E-state index in [2.05, 4.69) is 4.90 Å². The fourth-order valence-corrected chi connectivity index (χ4v) is 2.44. The Labute approximate surface area is 111 Å². The maximum Gasteiger partial charge on any atom is 0.222 e. The van der Waals surface area contributed by atoms with Crippen molar-refractivity contribution in [2.45, 2.75) is 13.3 Å². The lowest BCUT2D eigenvalue weighted by molar-refractivity contribution is -0.131. The first-order valence-corrected chi connectivity index (χ1v) is 6.47. The van der Waals surface area contributed by atoms with Crippen LogP contribution in [0.5, 0.6) is 0 Å². The summed E-state index contributed by atoms with van der Waals surface area (Å²) >= 11 is 6.03. The summed E-state index contributed by atoms with van der Waals surface area (Å²) in [6.07, 6.45) is 0.539. The number of piperazine rings is 1. The molecular weight excluding hydrogens is 255 g/mol. The van der Waals surface area contributed by atoms with Crippen LogP contribution in [0.1, 0.15) is 13.3 Å². The molecule has 18 heavy (non-hydrogen) atoms. The van der Waals surface area contributed by atoms with Gasteiger partial charge in [0.1, 0.15) is 5.82 Å². The molecule has 0 bridgehead atoms. The van der Waals surface area contributed by atoms with E-state index >= 15 is 0 Å². The van der Waals surface area contributed by atoms with Crippen molar-refractivity contribution in [2.75, 3.05) is 31.1 Å². The third-order valence-electron chi connectivity index (χ3n) is 3.19. The summed E-state index contributed by atoms with van der Waals surface area (Å²) < 4.78 is 13.0. The van der Waals surface area contributed by atoms with Crippen molar-refractivity contribution in [3.63, 3.8) is 0 Å². The average Bonchev–Trinajstić information content (AvgIpc) is 2.38. The first-order chi connectivity index (χ1) is 8.61. The van der Waals surface area contributed by atoms with Crippen molar-refractivity contribution in [2.24, 2.45) is 0 Å². The summed E-state index contributed by atoms with van der Waals surface area (Å²) in [7, 11) is 0. The largest absolute Gasteiger partial charge is 0.367 e. The lowest BCUT2D eigenvalue weighted by atomic mass is 10.2. The number of nitrogens with zero attached hydrogens (tertiary/aromatic N) is 2. The highest BCUT2D eigenvalue weighted by Gasteiger charge is 2.21. The van der Waals surface area contributed by atoms with Gasteiger partial charge in [0.05, 0.1) is 10.7 Å². The van der Waals surface area contributed by atoms with Gasteiger partial charge in [0.2, 0.25) is 5.91 Å². The SMILES string of the molecule is CCC(=O)N1CCN(c2ccc(F)cc2Cl)CC1. The van der Waals surface area contributed by atoms with E-state index in [1.54, 1.807) is 6.07 Å². The molecule has 0 spiro atoms. The monoisotopic (exact) mass is 270 g/mol. The standard InChI is InChI=1S/C13H16ClFN2O/c1-2-13(18)17-7-5-16(6-8-17)12-4-3-10(15)9-11(12)14/h3-4,9H,2,5-8H2,1H3. The van der Waals surface area contributed by atoms with E-state index in [1.807, 2.05) is 11.8 Å². The molecule has 2 rings (SSSR count). The van der Waals surface area contributed by atoms with Crippen LogP contribution in [-0.2, 0) is 4.79 Å². The van der Waals surface area contributed by atoms with Crippen molar-refractivity contribution in [1.82, 2.24) is 4.90 Å². The second-order valence-corrected chi connectivity index (χ2v) is 4.72. The summed E-state index contributed by atoms with van der Waals surface area (Å²) in [5.74, 6) is -0.150. The molecule has 1 aliphatic rings. The van der Waals surface area contributed by atoms with Gasteiger partial charge in [0, 0.05) is 32.6 Å². The van der Waals surface area contributed by atoms with E-state index in [0.29, 0.717) is 24.5 Å². The minimum atomic E-state index is -0.330. The van der Waals surface area contributed by atoms with E-state index in [1.165, 1.54) is 12.1 Å². The number of anilines is 1. The highest BCUT2D eigenvalue weighted by atomic mass is 35.5. The van der Waals surface area contributed by atoms with E-state index in [-0.39, 0.29) is 11.7 Å². The van der Waals surface area contributed by atoms with Crippen molar-refractivity contribution < 1.29 is 9.18 Å². The van der Waals surface area contributed by atoms with Gasteiger partial charge in [0.25, 0.3) is 0 Å². The summed E-state index contributed by atoms with van der Waals surface area (Å²) in [5.41, 5.74) is 0.835. The Bertz CT molecular complexity index is 445. The Morgan fingerprint density at radius 2 is 2.00 bits per heavy atom. The van der Waals surface area contributed by atoms with Crippen LogP contribution in [0.4, 0.5) is 10.1 Å². The summed E-state index contributed by atoms with van der Waals surface area (Å²) in [6, 6.07) is 4.42. The van der Waals surface area contributed by atoms with Crippen LogP contribution < -0.4 is 4.90 Å². The number of benzene rings is 1. The number of hydrogen-bond acceptors (Lipinski definition) is 2. The third kappa shape index (κ3) is 2.75. The topological polar surface area (TPSA) is 23.6 Å². The van der Waals surface area contributed by atoms with Gasteiger partial charge in [0.15, 0.2) is 0 Å². The number of halogens is 2. The molecule has 1 aromatic carbocycles. The number of amides is 1. The van der Waals surface area contributed by atoms with E-state index in [0.717, 1.165) is 18.8 Å². The highest BCUT2D eigenvalue weighted by molar-refractivity contribution is 6.33. The first kappa shape index (κ1) is 13.1. The lowest BCUT2D eigenvalue weighted by Gasteiger charge is -2.36. The fraction of sp³-hybridized carbons (Fsp3) is 0.462. The van der Waals surface area contributed by atoms with E-state index in [4.69, 9.17) is 11.6 Å². The van der Waals surface area contributed by atoms with Crippen LogP contribution in [0.25, 0.3) is 0 Å². The lowest BCUT2D eigenvalue weighted by Crippen LogP contribution is -2.48. The minimum Gasteiger partial charge on any atom is -0.367 e. The predicted octanol–water partition coefficient (Wildman–Crippen LogP) is 2.54. The van der Waals surface area contributed by atoms with Crippen molar-refractivity contribution in [1.29, 1.82) is 0 Å². The maximum atomic E-state index is 13.0. The Kier molecular flexibility index (Phi) is 4.07. The fourth-order valence-electron chi connectivity index (χ4n) is 2.16. The quantitative estimate of drug-likeness (QED) is 0.825. The maximum absolute atomic E-state index is 13.0. The van der Waals surface area contributed by atoms with Crippen molar-refractivity contribution >= 4 is 23.2 Å². The number of carbonyl (C=O) groups excluding carboxylic acids is 1. The number of hydrogen-bond donors (Lipinski definition) is 0. The normalized spacial score (nSPS) is 15.9. The Hall–Kier alpha value is -1.29. The third-order valence-corrected chi connectivity index (χ3v) is 3.49.